The summed E-state index contributed by atoms with van der Waals surface area (Å²) in [5, 5.41) is 0. The number of ether oxygens (including phenoxy) is 9. The van der Waals surface area contributed by atoms with Crippen molar-refractivity contribution in [2.45, 2.75) is 108 Å². The maximum atomic E-state index is 6.12. The molecule has 3 fully saturated rings. The Labute approximate surface area is 230 Å². The van der Waals surface area contributed by atoms with E-state index in [4.69, 9.17) is 42.6 Å². The molecule has 0 spiro atoms. The van der Waals surface area contributed by atoms with Crippen LogP contribution in [0.4, 0.5) is 0 Å². The van der Waals surface area contributed by atoms with Crippen molar-refractivity contribution in [3.63, 3.8) is 0 Å². The lowest BCUT2D eigenvalue weighted by molar-refractivity contribution is -0.370. The van der Waals surface area contributed by atoms with Gasteiger partial charge in [0.2, 0.25) is 0 Å². The average Bonchev–Trinajstić information content (AvgIpc) is 3.75. The molecule has 9 nitrogen and oxygen atoms in total. The fraction of sp³-hybridized carbons (Fsp3) is 1.00. The van der Waals surface area contributed by atoms with Crippen molar-refractivity contribution in [2.24, 2.45) is 0 Å². The van der Waals surface area contributed by atoms with Crippen LogP contribution in [-0.4, -0.2) is 104 Å². The molecule has 0 amide bonds. The first-order valence-electron chi connectivity index (χ1n) is 15.2. The zero-order valence-corrected chi connectivity index (χ0v) is 23.9. The Morgan fingerprint density at radius 3 is 0.974 bits per heavy atom. The molecule has 224 valence electrons. The second-order valence-electron chi connectivity index (χ2n) is 10.7. The first-order valence-corrected chi connectivity index (χ1v) is 15.2. The van der Waals surface area contributed by atoms with E-state index in [1.165, 1.54) is 0 Å². The third kappa shape index (κ3) is 18.8. The van der Waals surface area contributed by atoms with E-state index < -0.39 is 5.97 Å². The zero-order chi connectivity index (χ0) is 26.6. The number of epoxide rings is 3. The third-order valence-electron chi connectivity index (χ3n) is 6.76. The molecule has 0 bridgehead atoms. The first kappa shape index (κ1) is 32.2. The summed E-state index contributed by atoms with van der Waals surface area (Å²) in [5.41, 5.74) is 0. The van der Waals surface area contributed by atoms with Gasteiger partial charge >= 0.3 is 0 Å². The van der Waals surface area contributed by atoms with Crippen molar-refractivity contribution >= 4 is 0 Å². The van der Waals surface area contributed by atoms with Gasteiger partial charge in [0.05, 0.1) is 59.5 Å². The van der Waals surface area contributed by atoms with Gasteiger partial charge in [-0.2, -0.15) is 0 Å². The molecule has 38 heavy (non-hydrogen) atoms. The molecule has 0 aromatic carbocycles. The zero-order valence-electron chi connectivity index (χ0n) is 23.9. The number of rotatable bonds is 30. The molecular formula is C29H54O9. The minimum Gasteiger partial charge on any atom is -0.379 e. The molecule has 0 saturated carbocycles. The summed E-state index contributed by atoms with van der Waals surface area (Å²) in [4.78, 5) is 0. The van der Waals surface area contributed by atoms with Crippen molar-refractivity contribution in [1.29, 1.82) is 0 Å². The summed E-state index contributed by atoms with van der Waals surface area (Å²) < 4.78 is 50.6. The molecular weight excluding hydrogens is 492 g/mol. The molecule has 3 aliphatic rings. The monoisotopic (exact) mass is 546 g/mol. The first-order chi connectivity index (χ1) is 18.7. The molecule has 3 saturated heterocycles. The molecule has 0 aliphatic carbocycles. The van der Waals surface area contributed by atoms with E-state index in [-0.39, 0.29) is 0 Å². The molecule has 3 atom stereocenters. The lowest BCUT2D eigenvalue weighted by atomic mass is 10.2. The van der Waals surface area contributed by atoms with E-state index >= 15 is 0 Å². The Balaban J connectivity index is 1.17. The van der Waals surface area contributed by atoms with Crippen LogP contribution in [0.5, 0.6) is 0 Å². The van der Waals surface area contributed by atoms with Gasteiger partial charge in [-0.3, -0.25) is 0 Å². The standard InChI is InChI=1S/C29H54O9/c1-29(36-17-11-5-2-8-14-30-20-26-23-33-26,37-18-12-6-3-9-15-31-21-27-24-34-27)38-19-13-7-4-10-16-32-22-28-25-35-28/h26-28H,2-25H2,1H3. The van der Waals surface area contributed by atoms with Gasteiger partial charge in [-0.15, -0.1) is 0 Å². The summed E-state index contributed by atoms with van der Waals surface area (Å²) in [6.45, 7) is 11.1. The molecule has 9 heteroatoms. The SMILES string of the molecule is CC(OCCCCCCOCC1CO1)(OCCCCCCOCC1CO1)OCCCCCCOCC1CO1. The summed E-state index contributed by atoms with van der Waals surface area (Å²) in [6, 6.07) is 0. The third-order valence-corrected chi connectivity index (χ3v) is 6.76. The average molecular weight is 547 g/mol. The van der Waals surface area contributed by atoms with Crippen molar-refractivity contribution in [3.05, 3.63) is 0 Å². The summed E-state index contributed by atoms with van der Waals surface area (Å²) in [5.74, 6) is -0.978. The predicted octanol–water partition coefficient (Wildman–Crippen LogP) is 4.64. The van der Waals surface area contributed by atoms with E-state index in [9.17, 15) is 0 Å². The smallest absolute Gasteiger partial charge is 0.279 e. The van der Waals surface area contributed by atoms with E-state index in [1.54, 1.807) is 0 Å². The van der Waals surface area contributed by atoms with E-state index in [2.05, 4.69) is 0 Å². The van der Waals surface area contributed by atoms with Crippen LogP contribution in [0.1, 0.15) is 84.0 Å². The number of unbranched alkanes of at least 4 members (excludes halogenated alkanes) is 9. The van der Waals surface area contributed by atoms with Crippen LogP contribution in [0.3, 0.4) is 0 Å². The molecule has 3 aliphatic heterocycles. The molecule has 0 N–H and O–H groups in total. The van der Waals surface area contributed by atoms with Crippen molar-refractivity contribution in [1.82, 2.24) is 0 Å². The van der Waals surface area contributed by atoms with Crippen LogP contribution < -0.4 is 0 Å². The molecule has 0 aromatic rings. The Kier molecular flexibility index (Phi) is 17.4. The van der Waals surface area contributed by atoms with Gasteiger partial charge < -0.3 is 42.6 Å². The number of hydrogen-bond donors (Lipinski definition) is 0. The maximum absolute atomic E-state index is 6.12. The summed E-state index contributed by atoms with van der Waals surface area (Å²) in [6.07, 6.45) is 14.0. The van der Waals surface area contributed by atoms with Crippen molar-refractivity contribution in [2.75, 3.05) is 79.3 Å². The normalized spacial score (nSPS) is 23.4. The Morgan fingerprint density at radius 2 is 0.711 bits per heavy atom. The largest absolute Gasteiger partial charge is 0.379 e. The highest BCUT2D eigenvalue weighted by molar-refractivity contribution is 4.68. The van der Waals surface area contributed by atoms with Crippen LogP contribution in [0.25, 0.3) is 0 Å². The fourth-order valence-corrected chi connectivity index (χ4v) is 4.01. The molecule has 3 unspecified atom stereocenters. The minimum absolute atomic E-state index is 0.351. The minimum atomic E-state index is -0.978. The lowest BCUT2D eigenvalue weighted by Crippen LogP contribution is -2.37. The summed E-state index contributed by atoms with van der Waals surface area (Å²) in [7, 11) is 0. The second-order valence-corrected chi connectivity index (χ2v) is 10.7. The topological polar surface area (TPSA) is 93.0 Å². The van der Waals surface area contributed by atoms with Crippen LogP contribution in [0, 0.1) is 0 Å². The highest BCUT2D eigenvalue weighted by Gasteiger charge is 2.27. The lowest BCUT2D eigenvalue weighted by Gasteiger charge is -2.30. The van der Waals surface area contributed by atoms with E-state index in [1.807, 2.05) is 6.92 Å². The van der Waals surface area contributed by atoms with Gasteiger partial charge in [0.15, 0.2) is 0 Å². The molecule has 0 radical (unpaired) electrons. The van der Waals surface area contributed by atoms with E-state index in [0.717, 1.165) is 137 Å². The Morgan fingerprint density at radius 1 is 0.447 bits per heavy atom. The highest BCUT2D eigenvalue weighted by atomic mass is 16.9. The maximum Gasteiger partial charge on any atom is 0.279 e. The van der Waals surface area contributed by atoms with Crippen LogP contribution in [-0.2, 0) is 42.6 Å². The van der Waals surface area contributed by atoms with Gasteiger partial charge in [0.25, 0.3) is 5.97 Å². The van der Waals surface area contributed by atoms with Crippen LogP contribution in [0.15, 0.2) is 0 Å². The fourth-order valence-electron chi connectivity index (χ4n) is 4.01. The van der Waals surface area contributed by atoms with Crippen LogP contribution >= 0.6 is 0 Å². The van der Waals surface area contributed by atoms with Crippen molar-refractivity contribution in [3.8, 4) is 0 Å². The number of hydrogen-bond acceptors (Lipinski definition) is 9. The van der Waals surface area contributed by atoms with Gasteiger partial charge in [0, 0.05) is 26.7 Å². The summed E-state index contributed by atoms with van der Waals surface area (Å²) >= 11 is 0. The second kappa shape index (κ2) is 20.5. The quantitative estimate of drug-likeness (QED) is 0.0726. The predicted molar refractivity (Wildman–Crippen MR) is 143 cm³/mol. The van der Waals surface area contributed by atoms with Crippen molar-refractivity contribution < 1.29 is 42.6 Å². The highest BCUT2D eigenvalue weighted by Crippen LogP contribution is 2.19. The van der Waals surface area contributed by atoms with Gasteiger partial charge in [-0.1, -0.05) is 38.5 Å². The van der Waals surface area contributed by atoms with Crippen LogP contribution in [0.2, 0.25) is 0 Å². The molecule has 3 rings (SSSR count). The Bertz CT molecular complexity index is 478. The van der Waals surface area contributed by atoms with E-state index in [0.29, 0.717) is 38.1 Å². The molecule has 3 heterocycles. The van der Waals surface area contributed by atoms with Gasteiger partial charge in [-0.05, 0) is 38.5 Å². The van der Waals surface area contributed by atoms with Gasteiger partial charge in [-0.25, -0.2) is 0 Å². The Hall–Kier alpha value is -0.360. The van der Waals surface area contributed by atoms with Gasteiger partial charge in [0.1, 0.15) is 18.3 Å². The molecule has 0 aromatic heterocycles.